The highest BCUT2D eigenvalue weighted by molar-refractivity contribution is 6.17. The molecule has 0 rings (SSSR count). The molecular formula is C3H8B2NO2. The molecule has 0 bridgehead atoms. The molecule has 0 spiro atoms. The molecule has 0 aliphatic carbocycles. The second-order valence-electron chi connectivity index (χ2n) is 1.16. The van der Waals surface area contributed by atoms with E-state index in [1.807, 2.05) is 0 Å². The predicted molar refractivity (Wildman–Crippen MR) is 32.5 cm³/mol. The molecule has 43 valence electrons. The fourth-order valence-electron chi connectivity index (χ4n) is 0.234. The van der Waals surface area contributed by atoms with Crippen molar-refractivity contribution >= 4 is 15.7 Å². The molecule has 1 N–H and O–H groups in total. The smallest absolute Gasteiger partial charge is 0.416 e. The van der Waals surface area contributed by atoms with Crippen molar-refractivity contribution < 1.29 is 9.31 Å². The van der Waals surface area contributed by atoms with Gasteiger partial charge in [0.05, 0.1) is 0 Å². The molecule has 3 nitrogen and oxygen atoms in total. The third kappa shape index (κ3) is 6.01. The fraction of sp³-hybridized carbons (Fsp3) is 1.00. The summed E-state index contributed by atoms with van der Waals surface area (Å²) in [6, 6.07) is 0. The van der Waals surface area contributed by atoms with Gasteiger partial charge in [-0.05, 0) is 0 Å². The van der Waals surface area contributed by atoms with Crippen molar-refractivity contribution in [3.8, 4) is 0 Å². The first-order valence-electron chi connectivity index (χ1n) is 2.31. The summed E-state index contributed by atoms with van der Waals surface area (Å²) in [5.74, 6) is 0. The Balaban J connectivity index is 2.53. The SMILES string of the molecule is [B]NCCO[B]OC. The topological polar surface area (TPSA) is 30.5 Å². The highest BCUT2D eigenvalue weighted by Crippen LogP contribution is 1.66. The molecule has 0 aromatic rings. The average Bonchev–Trinajstić information content (AvgIpc) is 1.81. The predicted octanol–water partition coefficient (Wildman–Crippen LogP) is -1.14. The Bertz CT molecular complexity index is 40.3. The van der Waals surface area contributed by atoms with Gasteiger partial charge in [0, 0.05) is 20.3 Å². The molecule has 0 saturated carbocycles. The third-order valence-corrected chi connectivity index (χ3v) is 0.529. The standard InChI is InChI=1S/C3H8B2NO2/c1-7-5-8-3-2-6-4/h6H,2-3H2,1H3. The second kappa shape index (κ2) is 7.01. The molecule has 8 heavy (non-hydrogen) atoms. The number of hydrogen-bond donors (Lipinski definition) is 1. The van der Waals surface area contributed by atoms with Gasteiger partial charge in [0.2, 0.25) is 0 Å². The van der Waals surface area contributed by atoms with E-state index in [0.29, 0.717) is 13.2 Å². The number of rotatable bonds is 5. The van der Waals surface area contributed by atoms with Crippen LogP contribution >= 0.6 is 0 Å². The zero-order valence-corrected chi connectivity index (χ0v) is 4.89. The van der Waals surface area contributed by atoms with Crippen molar-refractivity contribution in [2.45, 2.75) is 0 Å². The zero-order valence-electron chi connectivity index (χ0n) is 4.89. The summed E-state index contributed by atoms with van der Waals surface area (Å²) in [5.41, 5.74) is 0. The lowest BCUT2D eigenvalue weighted by molar-refractivity contribution is 0.260. The van der Waals surface area contributed by atoms with Crippen molar-refractivity contribution in [3.63, 3.8) is 0 Å². The largest absolute Gasteiger partial charge is 0.487 e. The van der Waals surface area contributed by atoms with Gasteiger partial charge in [-0.2, -0.15) is 0 Å². The molecule has 0 atom stereocenters. The molecule has 0 aromatic carbocycles. The molecule has 0 saturated heterocycles. The summed E-state index contributed by atoms with van der Waals surface area (Å²) in [4.78, 5) is 0. The van der Waals surface area contributed by atoms with Gasteiger partial charge in [0.25, 0.3) is 0 Å². The van der Waals surface area contributed by atoms with Crippen LogP contribution in [0.25, 0.3) is 0 Å². The van der Waals surface area contributed by atoms with Crippen LogP contribution in [0.1, 0.15) is 0 Å². The van der Waals surface area contributed by atoms with Gasteiger partial charge >= 0.3 is 7.69 Å². The Hall–Kier alpha value is 0.00987. The summed E-state index contributed by atoms with van der Waals surface area (Å²) < 4.78 is 9.21. The first-order valence-corrected chi connectivity index (χ1v) is 2.31. The molecule has 3 radical (unpaired) electrons. The van der Waals surface area contributed by atoms with Gasteiger partial charge in [-0.15, -0.1) is 0 Å². The van der Waals surface area contributed by atoms with Crippen molar-refractivity contribution in [1.82, 2.24) is 5.23 Å². The Morgan fingerprint density at radius 1 is 1.75 bits per heavy atom. The molecule has 0 aliphatic rings. The van der Waals surface area contributed by atoms with Crippen molar-refractivity contribution in [3.05, 3.63) is 0 Å². The maximum Gasteiger partial charge on any atom is 0.487 e. The van der Waals surface area contributed by atoms with Crippen molar-refractivity contribution in [2.24, 2.45) is 0 Å². The molecular weight excluding hydrogens is 104 g/mol. The average molecular weight is 112 g/mol. The van der Waals surface area contributed by atoms with Crippen molar-refractivity contribution in [1.29, 1.82) is 0 Å². The third-order valence-electron chi connectivity index (χ3n) is 0.529. The normalized spacial score (nSPS) is 9.12. The molecule has 0 fully saturated rings. The van der Waals surface area contributed by atoms with Crippen LogP contribution in [0, 0.1) is 0 Å². The second-order valence-corrected chi connectivity index (χ2v) is 1.16. The monoisotopic (exact) mass is 112 g/mol. The van der Waals surface area contributed by atoms with Crippen LogP contribution in [-0.2, 0) is 9.31 Å². The fourth-order valence-corrected chi connectivity index (χ4v) is 0.234. The molecule has 0 aromatic heterocycles. The molecule has 0 unspecified atom stereocenters. The van der Waals surface area contributed by atoms with Crippen LogP contribution in [0.2, 0.25) is 0 Å². The Kier molecular flexibility index (Phi) is 7.02. The van der Waals surface area contributed by atoms with Gasteiger partial charge in [-0.1, -0.05) is 0 Å². The van der Waals surface area contributed by atoms with Gasteiger partial charge in [0.15, 0.2) is 7.98 Å². The van der Waals surface area contributed by atoms with Gasteiger partial charge in [-0.25, -0.2) is 0 Å². The van der Waals surface area contributed by atoms with Crippen LogP contribution in [0.15, 0.2) is 0 Å². The summed E-state index contributed by atoms with van der Waals surface area (Å²) in [6.07, 6.45) is 0. The lowest BCUT2D eigenvalue weighted by atomic mass is 10.4. The number of nitrogens with one attached hydrogen (secondary N) is 1. The van der Waals surface area contributed by atoms with E-state index in [-0.39, 0.29) is 0 Å². The zero-order chi connectivity index (χ0) is 6.24. The molecule has 0 aliphatic heterocycles. The Morgan fingerprint density at radius 2 is 2.50 bits per heavy atom. The van der Waals surface area contributed by atoms with Crippen LogP contribution in [-0.4, -0.2) is 35.9 Å². The van der Waals surface area contributed by atoms with E-state index in [9.17, 15) is 0 Å². The lowest BCUT2D eigenvalue weighted by Gasteiger charge is -1.97. The van der Waals surface area contributed by atoms with Crippen molar-refractivity contribution in [2.75, 3.05) is 20.3 Å². The summed E-state index contributed by atoms with van der Waals surface area (Å²) in [5, 5.41) is 2.43. The maximum absolute atomic E-state index is 4.93. The van der Waals surface area contributed by atoms with Crippen LogP contribution in [0.3, 0.4) is 0 Å². The van der Waals surface area contributed by atoms with Gasteiger partial charge < -0.3 is 14.5 Å². The first kappa shape index (κ1) is 8.01. The molecule has 5 heteroatoms. The Morgan fingerprint density at radius 3 is 3.00 bits per heavy atom. The molecule has 0 heterocycles. The minimum atomic E-state index is 0.532. The van der Waals surface area contributed by atoms with Crippen LogP contribution in [0.4, 0.5) is 0 Å². The quantitative estimate of drug-likeness (QED) is 0.360. The molecule has 0 amide bonds. The first-order chi connectivity index (χ1) is 3.91. The summed E-state index contributed by atoms with van der Waals surface area (Å²) in [7, 11) is 7.71. The lowest BCUT2D eigenvalue weighted by Crippen LogP contribution is -2.17. The Labute approximate surface area is 51.5 Å². The van der Waals surface area contributed by atoms with E-state index >= 15 is 0 Å². The van der Waals surface area contributed by atoms with E-state index in [4.69, 9.17) is 12.6 Å². The highest BCUT2D eigenvalue weighted by Gasteiger charge is 1.86. The van der Waals surface area contributed by atoms with Crippen LogP contribution in [0.5, 0.6) is 0 Å². The maximum atomic E-state index is 4.93. The van der Waals surface area contributed by atoms with E-state index in [1.54, 1.807) is 0 Å². The minimum Gasteiger partial charge on any atom is -0.416 e. The summed E-state index contributed by atoms with van der Waals surface area (Å²) >= 11 is 0. The van der Waals surface area contributed by atoms with E-state index < -0.39 is 0 Å². The van der Waals surface area contributed by atoms with E-state index in [1.165, 1.54) is 14.8 Å². The highest BCUT2D eigenvalue weighted by atomic mass is 16.6. The summed E-state index contributed by atoms with van der Waals surface area (Å²) in [6.45, 7) is 1.16. The van der Waals surface area contributed by atoms with Gasteiger partial charge in [-0.3, -0.25) is 0 Å². The number of hydrogen-bond acceptors (Lipinski definition) is 3. The van der Waals surface area contributed by atoms with Gasteiger partial charge in [0.1, 0.15) is 0 Å². The van der Waals surface area contributed by atoms with Crippen LogP contribution < -0.4 is 5.23 Å². The minimum absolute atomic E-state index is 0.532. The van der Waals surface area contributed by atoms with E-state index in [2.05, 4.69) is 9.88 Å². The van der Waals surface area contributed by atoms with E-state index in [0.717, 1.165) is 0 Å².